The Hall–Kier alpha value is -3.15. The fourth-order valence-electron chi connectivity index (χ4n) is 1.88. The predicted octanol–water partition coefficient (Wildman–Crippen LogP) is 3.50. The fraction of sp³-hybridized carbons (Fsp3) is 0.118. The number of non-ortho nitro benzene ring substituents is 1. The van der Waals surface area contributed by atoms with Gasteiger partial charge in [0.1, 0.15) is 5.75 Å². The van der Waals surface area contributed by atoms with Crippen LogP contribution in [0.2, 0.25) is 0 Å². The summed E-state index contributed by atoms with van der Waals surface area (Å²) in [6.07, 6.45) is 1.47. The molecule has 118 valence electrons. The minimum absolute atomic E-state index is 0.00745. The van der Waals surface area contributed by atoms with Crippen molar-refractivity contribution in [1.29, 1.82) is 0 Å². The molecular formula is C17H15NO5. The maximum absolute atomic E-state index is 11.9. The molecule has 0 amide bonds. The number of nitro groups is 1. The number of benzene rings is 2. The molecule has 0 aliphatic carbocycles. The van der Waals surface area contributed by atoms with Crippen molar-refractivity contribution in [2.24, 2.45) is 0 Å². The molecule has 0 aromatic heterocycles. The van der Waals surface area contributed by atoms with E-state index in [0.29, 0.717) is 11.3 Å². The predicted molar refractivity (Wildman–Crippen MR) is 84.9 cm³/mol. The van der Waals surface area contributed by atoms with E-state index >= 15 is 0 Å². The maximum atomic E-state index is 11.9. The zero-order chi connectivity index (χ0) is 16.8. The van der Waals surface area contributed by atoms with E-state index in [4.69, 9.17) is 9.47 Å². The molecule has 0 N–H and O–H groups in total. The highest BCUT2D eigenvalue weighted by atomic mass is 16.6. The summed E-state index contributed by atoms with van der Waals surface area (Å²) in [5, 5.41) is 10.7. The Morgan fingerprint density at radius 3 is 2.43 bits per heavy atom. The molecule has 0 heterocycles. The zero-order valence-corrected chi connectivity index (χ0v) is 12.7. The number of carbonyl (C=O) groups excluding carboxylic acids is 1. The Kier molecular flexibility index (Phi) is 5.09. The molecule has 0 saturated heterocycles. The Labute approximate surface area is 133 Å². The quantitative estimate of drug-likeness (QED) is 0.277. The van der Waals surface area contributed by atoms with Crippen LogP contribution in [0.25, 0.3) is 6.08 Å². The standard InChI is InChI=1S/C17H15NO5/c1-12-4-3-5-15(10-12)23-16(17(19)22-2)11-13-6-8-14(9-7-13)18(20)21/h3-11H,1-2H3/b16-11-. The van der Waals surface area contributed by atoms with Crippen LogP contribution in [0.3, 0.4) is 0 Å². The monoisotopic (exact) mass is 313 g/mol. The minimum Gasteiger partial charge on any atom is -0.463 e. The van der Waals surface area contributed by atoms with E-state index in [2.05, 4.69) is 0 Å². The lowest BCUT2D eigenvalue weighted by molar-refractivity contribution is -0.384. The van der Waals surface area contributed by atoms with E-state index in [1.807, 2.05) is 19.1 Å². The van der Waals surface area contributed by atoms with Crippen molar-refractivity contribution >= 4 is 17.7 Å². The largest absolute Gasteiger partial charge is 0.463 e. The van der Waals surface area contributed by atoms with Gasteiger partial charge in [-0.25, -0.2) is 4.79 Å². The van der Waals surface area contributed by atoms with Crippen LogP contribution >= 0.6 is 0 Å². The number of hydrogen-bond donors (Lipinski definition) is 0. The van der Waals surface area contributed by atoms with Crippen LogP contribution in [0.5, 0.6) is 5.75 Å². The molecule has 0 saturated carbocycles. The number of nitro benzene ring substituents is 1. The number of aryl methyl sites for hydroxylation is 1. The van der Waals surface area contributed by atoms with Gasteiger partial charge >= 0.3 is 5.97 Å². The summed E-state index contributed by atoms with van der Waals surface area (Å²) in [5.74, 6) is -0.139. The van der Waals surface area contributed by atoms with E-state index in [-0.39, 0.29) is 11.4 Å². The van der Waals surface area contributed by atoms with Gasteiger partial charge in [-0.1, -0.05) is 12.1 Å². The first-order chi connectivity index (χ1) is 11.0. The first-order valence-corrected chi connectivity index (χ1v) is 6.78. The number of esters is 1. The Balaban J connectivity index is 2.30. The molecule has 0 radical (unpaired) electrons. The van der Waals surface area contributed by atoms with E-state index < -0.39 is 10.9 Å². The summed E-state index contributed by atoms with van der Waals surface area (Å²) in [5.41, 5.74) is 1.55. The van der Waals surface area contributed by atoms with E-state index in [1.54, 1.807) is 12.1 Å². The lowest BCUT2D eigenvalue weighted by atomic mass is 10.2. The summed E-state index contributed by atoms with van der Waals surface area (Å²) in [6, 6.07) is 13.0. The SMILES string of the molecule is COC(=O)/C(=C/c1ccc([N+](=O)[O-])cc1)Oc1cccc(C)c1. The number of nitrogens with zero attached hydrogens (tertiary/aromatic N) is 1. The van der Waals surface area contributed by atoms with Crippen molar-refractivity contribution in [2.45, 2.75) is 6.92 Å². The Morgan fingerprint density at radius 2 is 1.87 bits per heavy atom. The summed E-state index contributed by atoms with van der Waals surface area (Å²) < 4.78 is 10.3. The lowest BCUT2D eigenvalue weighted by Crippen LogP contribution is -2.10. The molecular weight excluding hydrogens is 298 g/mol. The average molecular weight is 313 g/mol. The van der Waals surface area contributed by atoms with Crippen LogP contribution in [0, 0.1) is 17.0 Å². The molecule has 6 nitrogen and oxygen atoms in total. The van der Waals surface area contributed by atoms with Crippen molar-refractivity contribution in [3.05, 3.63) is 75.5 Å². The summed E-state index contributed by atoms with van der Waals surface area (Å²) >= 11 is 0. The molecule has 0 atom stereocenters. The second-order valence-corrected chi connectivity index (χ2v) is 4.77. The van der Waals surface area contributed by atoms with Crippen molar-refractivity contribution in [3.63, 3.8) is 0 Å². The van der Waals surface area contributed by atoms with Gasteiger partial charge in [-0.15, -0.1) is 0 Å². The third-order valence-electron chi connectivity index (χ3n) is 3.01. The van der Waals surface area contributed by atoms with E-state index in [1.165, 1.54) is 37.5 Å². The van der Waals surface area contributed by atoms with Crippen LogP contribution < -0.4 is 4.74 Å². The maximum Gasteiger partial charge on any atom is 0.373 e. The summed E-state index contributed by atoms with van der Waals surface area (Å²) in [7, 11) is 1.26. The summed E-state index contributed by atoms with van der Waals surface area (Å²) in [6.45, 7) is 1.91. The van der Waals surface area contributed by atoms with Gasteiger partial charge in [0, 0.05) is 12.1 Å². The van der Waals surface area contributed by atoms with E-state index in [9.17, 15) is 14.9 Å². The number of methoxy groups -OCH3 is 1. The third-order valence-corrected chi connectivity index (χ3v) is 3.01. The Morgan fingerprint density at radius 1 is 1.17 bits per heavy atom. The summed E-state index contributed by atoms with van der Waals surface area (Å²) in [4.78, 5) is 22.0. The smallest absolute Gasteiger partial charge is 0.373 e. The normalized spacial score (nSPS) is 11.0. The van der Waals surface area contributed by atoms with Gasteiger partial charge in [-0.05, 0) is 48.4 Å². The van der Waals surface area contributed by atoms with Crippen LogP contribution in [0.4, 0.5) is 5.69 Å². The molecule has 0 fully saturated rings. The molecule has 0 bridgehead atoms. The number of hydrogen-bond acceptors (Lipinski definition) is 5. The van der Waals surface area contributed by atoms with Crippen molar-refractivity contribution < 1.29 is 19.2 Å². The van der Waals surface area contributed by atoms with Gasteiger partial charge in [-0.3, -0.25) is 10.1 Å². The highest BCUT2D eigenvalue weighted by molar-refractivity contribution is 5.91. The third kappa shape index (κ3) is 4.41. The minimum atomic E-state index is -0.634. The first-order valence-electron chi connectivity index (χ1n) is 6.78. The van der Waals surface area contributed by atoms with E-state index in [0.717, 1.165) is 5.56 Å². The lowest BCUT2D eigenvalue weighted by Gasteiger charge is -2.09. The van der Waals surface area contributed by atoms with Gasteiger partial charge in [0.05, 0.1) is 12.0 Å². The molecule has 2 rings (SSSR count). The molecule has 2 aromatic rings. The second kappa shape index (κ2) is 7.22. The first kappa shape index (κ1) is 16.2. The number of rotatable bonds is 5. The average Bonchev–Trinajstić information content (AvgIpc) is 2.54. The number of carbonyl (C=O) groups is 1. The van der Waals surface area contributed by atoms with Crippen LogP contribution in [-0.2, 0) is 9.53 Å². The topological polar surface area (TPSA) is 78.7 Å². The van der Waals surface area contributed by atoms with Crippen molar-refractivity contribution in [2.75, 3.05) is 7.11 Å². The molecule has 0 unspecified atom stereocenters. The zero-order valence-electron chi connectivity index (χ0n) is 12.7. The van der Waals surface area contributed by atoms with Crippen molar-refractivity contribution in [1.82, 2.24) is 0 Å². The fourth-order valence-corrected chi connectivity index (χ4v) is 1.88. The second-order valence-electron chi connectivity index (χ2n) is 4.77. The molecule has 2 aromatic carbocycles. The molecule has 0 spiro atoms. The number of ether oxygens (including phenoxy) is 2. The Bertz CT molecular complexity index is 750. The molecule has 6 heteroatoms. The van der Waals surface area contributed by atoms with Crippen LogP contribution in [-0.4, -0.2) is 18.0 Å². The molecule has 0 aliphatic heterocycles. The van der Waals surface area contributed by atoms with Gasteiger partial charge < -0.3 is 9.47 Å². The van der Waals surface area contributed by atoms with Gasteiger partial charge in [-0.2, -0.15) is 0 Å². The highest BCUT2D eigenvalue weighted by Crippen LogP contribution is 2.19. The van der Waals surface area contributed by atoms with Gasteiger partial charge in [0.25, 0.3) is 5.69 Å². The molecule has 23 heavy (non-hydrogen) atoms. The van der Waals surface area contributed by atoms with Gasteiger partial charge in [0.2, 0.25) is 5.76 Å². The highest BCUT2D eigenvalue weighted by Gasteiger charge is 2.13. The van der Waals surface area contributed by atoms with Crippen LogP contribution in [0.15, 0.2) is 54.3 Å². The molecule has 0 aliphatic rings. The van der Waals surface area contributed by atoms with Crippen molar-refractivity contribution in [3.8, 4) is 5.75 Å². The van der Waals surface area contributed by atoms with Crippen LogP contribution in [0.1, 0.15) is 11.1 Å². The van der Waals surface area contributed by atoms with Gasteiger partial charge in [0.15, 0.2) is 0 Å².